The molecule has 4 heteroatoms. The number of esters is 1. The summed E-state index contributed by atoms with van der Waals surface area (Å²) in [6, 6.07) is 4.84. The third-order valence-electron chi connectivity index (χ3n) is 2.15. The van der Waals surface area contributed by atoms with Gasteiger partial charge in [-0.15, -0.1) is 0 Å². The van der Waals surface area contributed by atoms with E-state index in [2.05, 4.69) is 0 Å². The lowest BCUT2D eigenvalue weighted by molar-refractivity contribution is -0.107. The molecule has 16 heavy (non-hydrogen) atoms. The number of aldehydes is 1. The van der Waals surface area contributed by atoms with Gasteiger partial charge in [-0.2, -0.15) is 0 Å². The fourth-order valence-corrected chi connectivity index (χ4v) is 1.38. The van der Waals surface area contributed by atoms with Gasteiger partial charge in [-0.1, -0.05) is 12.1 Å². The van der Waals surface area contributed by atoms with E-state index in [1.807, 2.05) is 0 Å². The summed E-state index contributed by atoms with van der Waals surface area (Å²) >= 11 is 0. The SMILES string of the molecule is CCOC(=O)c1cccc(CCC=O)c1O. The lowest BCUT2D eigenvalue weighted by Crippen LogP contribution is -2.05. The molecule has 1 N–H and O–H groups in total. The molecule has 86 valence electrons. The molecule has 0 bridgehead atoms. The van der Waals surface area contributed by atoms with Gasteiger partial charge >= 0.3 is 5.97 Å². The van der Waals surface area contributed by atoms with Crippen molar-refractivity contribution in [2.45, 2.75) is 19.8 Å². The lowest BCUT2D eigenvalue weighted by Gasteiger charge is -2.07. The number of para-hydroxylation sites is 1. The van der Waals surface area contributed by atoms with Gasteiger partial charge in [-0.25, -0.2) is 4.79 Å². The van der Waals surface area contributed by atoms with E-state index in [0.717, 1.165) is 6.29 Å². The molecule has 0 fully saturated rings. The topological polar surface area (TPSA) is 63.6 Å². The fourth-order valence-electron chi connectivity index (χ4n) is 1.38. The molecule has 0 aliphatic heterocycles. The summed E-state index contributed by atoms with van der Waals surface area (Å²) in [5.41, 5.74) is 0.725. The van der Waals surface area contributed by atoms with Crippen LogP contribution in [-0.2, 0) is 16.0 Å². The number of hydrogen-bond donors (Lipinski definition) is 1. The summed E-state index contributed by atoms with van der Waals surface area (Å²) in [5.74, 6) is -0.643. The highest BCUT2D eigenvalue weighted by molar-refractivity contribution is 5.92. The Morgan fingerprint density at radius 3 is 2.88 bits per heavy atom. The number of aryl methyl sites for hydroxylation is 1. The summed E-state index contributed by atoms with van der Waals surface area (Å²) in [6.45, 7) is 1.96. The number of phenols is 1. The average Bonchev–Trinajstić information content (AvgIpc) is 2.28. The molecular weight excluding hydrogens is 208 g/mol. The lowest BCUT2D eigenvalue weighted by atomic mass is 10.0. The summed E-state index contributed by atoms with van der Waals surface area (Å²) < 4.78 is 4.80. The third kappa shape index (κ3) is 2.82. The summed E-state index contributed by atoms with van der Waals surface area (Å²) in [6.07, 6.45) is 1.51. The van der Waals surface area contributed by atoms with Crippen LogP contribution in [0.15, 0.2) is 18.2 Å². The maximum atomic E-state index is 11.4. The number of rotatable bonds is 5. The Bertz CT molecular complexity index is 385. The van der Waals surface area contributed by atoms with Gasteiger partial charge in [0.2, 0.25) is 0 Å². The van der Waals surface area contributed by atoms with Crippen molar-refractivity contribution in [2.75, 3.05) is 6.61 Å². The second-order valence-corrected chi connectivity index (χ2v) is 3.24. The van der Waals surface area contributed by atoms with Gasteiger partial charge < -0.3 is 14.6 Å². The molecule has 4 nitrogen and oxygen atoms in total. The van der Waals surface area contributed by atoms with Crippen molar-refractivity contribution >= 4 is 12.3 Å². The van der Waals surface area contributed by atoms with E-state index in [4.69, 9.17) is 4.74 Å². The Labute approximate surface area is 93.9 Å². The van der Waals surface area contributed by atoms with Gasteiger partial charge in [0, 0.05) is 6.42 Å². The zero-order chi connectivity index (χ0) is 12.0. The van der Waals surface area contributed by atoms with E-state index >= 15 is 0 Å². The highest BCUT2D eigenvalue weighted by Crippen LogP contribution is 2.24. The van der Waals surface area contributed by atoms with Crippen LogP contribution >= 0.6 is 0 Å². The number of phenolic OH excluding ortho intramolecular Hbond substituents is 1. The molecule has 0 aliphatic rings. The fraction of sp³-hybridized carbons (Fsp3) is 0.333. The van der Waals surface area contributed by atoms with Crippen molar-refractivity contribution in [1.29, 1.82) is 0 Å². The van der Waals surface area contributed by atoms with Crippen LogP contribution in [0.3, 0.4) is 0 Å². The average molecular weight is 222 g/mol. The van der Waals surface area contributed by atoms with Crippen LogP contribution in [0.25, 0.3) is 0 Å². The standard InChI is InChI=1S/C12H14O4/c1-2-16-12(15)10-7-3-5-9(11(10)14)6-4-8-13/h3,5,7-8,14H,2,4,6H2,1H3. The quantitative estimate of drug-likeness (QED) is 0.608. The number of aromatic hydroxyl groups is 1. The summed E-state index contributed by atoms with van der Waals surface area (Å²) in [5, 5.41) is 9.80. The van der Waals surface area contributed by atoms with Crippen molar-refractivity contribution in [3.8, 4) is 5.75 Å². The molecule has 0 amide bonds. The van der Waals surface area contributed by atoms with Gasteiger partial charge in [0.15, 0.2) is 0 Å². The van der Waals surface area contributed by atoms with Crippen LogP contribution < -0.4 is 0 Å². The first-order valence-corrected chi connectivity index (χ1v) is 5.12. The van der Waals surface area contributed by atoms with E-state index in [-0.39, 0.29) is 17.9 Å². The second-order valence-electron chi connectivity index (χ2n) is 3.24. The van der Waals surface area contributed by atoms with Crippen LogP contribution in [-0.4, -0.2) is 24.0 Å². The smallest absolute Gasteiger partial charge is 0.341 e. The van der Waals surface area contributed by atoms with Gasteiger partial charge in [-0.3, -0.25) is 0 Å². The van der Waals surface area contributed by atoms with Crippen LogP contribution in [0.4, 0.5) is 0 Å². The maximum absolute atomic E-state index is 11.4. The molecule has 1 aromatic rings. The Balaban J connectivity index is 2.93. The minimum absolute atomic E-state index is 0.0946. The van der Waals surface area contributed by atoms with E-state index in [0.29, 0.717) is 18.4 Å². The monoisotopic (exact) mass is 222 g/mol. The van der Waals surface area contributed by atoms with Crippen molar-refractivity contribution in [3.05, 3.63) is 29.3 Å². The van der Waals surface area contributed by atoms with Crippen molar-refractivity contribution in [3.63, 3.8) is 0 Å². The Morgan fingerprint density at radius 2 is 2.25 bits per heavy atom. The first-order valence-electron chi connectivity index (χ1n) is 5.12. The highest BCUT2D eigenvalue weighted by Gasteiger charge is 2.14. The van der Waals surface area contributed by atoms with Gasteiger partial charge in [-0.05, 0) is 25.0 Å². The van der Waals surface area contributed by atoms with Crippen molar-refractivity contribution in [2.24, 2.45) is 0 Å². The molecule has 0 unspecified atom stereocenters. The number of hydrogen-bond acceptors (Lipinski definition) is 4. The zero-order valence-electron chi connectivity index (χ0n) is 9.10. The third-order valence-corrected chi connectivity index (χ3v) is 2.15. The molecule has 0 aliphatic carbocycles. The molecule has 0 atom stereocenters. The second kappa shape index (κ2) is 5.90. The maximum Gasteiger partial charge on any atom is 0.341 e. The van der Waals surface area contributed by atoms with Crippen molar-refractivity contribution in [1.82, 2.24) is 0 Å². The van der Waals surface area contributed by atoms with Crippen LogP contribution in [0.2, 0.25) is 0 Å². The molecule has 1 rings (SSSR count). The summed E-state index contributed by atoms with van der Waals surface area (Å²) in [7, 11) is 0. The largest absolute Gasteiger partial charge is 0.507 e. The van der Waals surface area contributed by atoms with Gasteiger partial charge in [0.05, 0.1) is 6.61 Å². The number of carbonyl (C=O) groups excluding carboxylic acids is 2. The molecule has 0 saturated carbocycles. The molecular formula is C12H14O4. The predicted octanol–water partition coefficient (Wildman–Crippen LogP) is 1.70. The van der Waals surface area contributed by atoms with Gasteiger partial charge in [0.25, 0.3) is 0 Å². The first kappa shape index (κ1) is 12.2. The summed E-state index contributed by atoms with van der Waals surface area (Å²) in [4.78, 5) is 21.7. The predicted molar refractivity (Wildman–Crippen MR) is 58.4 cm³/mol. The van der Waals surface area contributed by atoms with E-state index in [9.17, 15) is 14.7 Å². The van der Waals surface area contributed by atoms with E-state index in [1.165, 1.54) is 6.07 Å². The zero-order valence-corrected chi connectivity index (χ0v) is 9.10. The molecule has 1 aromatic carbocycles. The Hall–Kier alpha value is -1.84. The van der Waals surface area contributed by atoms with Crippen LogP contribution in [0.1, 0.15) is 29.3 Å². The molecule has 0 spiro atoms. The molecule has 0 radical (unpaired) electrons. The van der Waals surface area contributed by atoms with E-state index in [1.54, 1.807) is 19.1 Å². The number of carbonyl (C=O) groups is 2. The highest BCUT2D eigenvalue weighted by atomic mass is 16.5. The van der Waals surface area contributed by atoms with E-state index < -0.39 is 5.97 Å². The number of benzene rings is 1. The van der Waals surface area contributed by atoms with Crippen molar-refractivity contribution < 1.29 is 19.4 Å². The Morgan fingerprint density at radius 1 is 1.50 bits per heavy atom. The van der Waals surface area contributed by atoms with Gasteiger partial charge in [0.1, 0.15) is 17.6 Å². The molecule has 0 heterocycles. The minimum atomic E-state index is -0.548. The van der Waals surface area contributed by atoms with Crippen LogP contribution in [0.5, 0.6) is 5.75 Å². The first-order chi connectivity index (χ1) is 7.70. The van der Waals surface area contributed by atoms with Crippen LogP contribution in [0, 0.1) is 0 Å². The number of ether oxygens (including phenoxy) is 1. The molecule has 0 aromatic heterocycles. The Kier molecular flexibility index (Phi) is 4.51. The minimum Gasteiger partial charge on any atom is -0.507 e. The normalized spacial score (nSPS) is 9.81. The molecule has 0 saturated heterocycles.